The van der Waals surface area contributed by atoms with Gasteiger partial charge in [-0.15, -0.1) is 0 Å². The van der Waals surface area contributed by atoms with Crippen molar-refractivity contribution in [2.75, 3.05) is 6.61 Å². The van der Waals surface area contributed by atoms with E-state index in [9.17, 15) is 0 Å². The number of hydrogen-bond donors (Lipinski definition) is 0. The summed E-state index contributed by atoms with van der Waals surface area (Å²) in [5.74, 6) is 0.841. The topological polar surface area (TPSA) is 9.23 Å². The molecule has 8 heavy (non-hydrogen) atoms. The van der Waals surface area contributed by atoms with Crippen molar-refractivity contribution < 1.29 is 4.74 Å². The van der Waals surface area contributed by atoms with Crippen molar-refractivity contribution in [1.29, 1.82) is 0 Å². The Kier molecular flexibility index (Phi) is 2.32. The van der Waals surface area contributed by atoms with E-state index >= 15 is 0 Å². The van der Waals surface area contributed by atoms with Crippen molar-refractivity contribution in [3.8, 4) is 0 Å². The van der Waals surface area contributed by atoms with Crippen LogP contribution in [0.5, 0.6) is 0 Å². The lowest BCUT2D eigenvalue weighted by molar-refractivity contribution is 0.0529. The first kappa shape index (κ1) is 6.56. The number of ether oxygens (including phenoxy) is 1. The molecule has 0 amide bonds. The van der Waals surface area contributed by atoms with E-state index in [0.717, 1.165) is 12.5 Å². The third-order valence-electron chi connectivity index (χ3n) is 1.50. The summed E-state index contributed by atoms with van der Waals surface area (Å²) in [7, 11) is 0. The quantitative estimate of drug-likeness (QED) is 0.517. The van der Waals surface area contributed by atoms with Gasteiger partial charge in [-0.1, -0.05) is 22.9 Å². The Hall–Kier alpha value is 0.440. The summed E-state index contributed by atoms with van der Waals surface area (Å²) in [5.41, 5.74) is 0. The minimum absolute atomic E-state index is 0.325. The van der Waals surface area contributed by atoms with Gasteiger partial charge < -0.3 is 4.74 Å². The normalized spacial score (nSPS) is 39.8. The van der Waals surface area contributed by atoms with Crippen molar-refractivity contribution in [3.63, 3.8) is 0 Å². The molecule has 0 aromatic carbocycles. The molecular weight excluding hydrogens is 168 g/mol. The smallest absolute Gasteiger partial charge is 0.112 e. The highest BCUT2D eigenvalue weighted by Gasteiger charge is 2.15. The maximum absolute atomic E-state index is 5.26. The first-order chi connectivity index (χ1) is 3.79. The molecule has 0 aliphatic carbocycles. The SMILES string of the molecule is CC1CCOC(Br)C1. The molecule has 2 unspecified atom stereocenters. The molecule has 1 fully saturated rings. The first-order valence-electron chi connectivity index (χ1n) is 3.04. The molecule has 1 rings (SSSR count). The highest BCUT2D eigenvalue weighted by Crippen LogP contribution is 2.22. The molecule has 0 saturated carbocycles. The molecule has 0 aromatic heterocycles. The van der Waals surface area contributed by atoms with Gasteiger partial charge in [-0.25, -0.2) is 0 Å². The molecule has 2 atom stereocenters. The van der Waals surface area contributed by atoms with Gasteiger partial charge in [-0.2, -0.15) is 0 Å². The Balaban J connectivity index is 2.23. The van der Waals surface area contributed by atoms with Crippen LogP contribution in [0.15, 0.2) is 0 Å². The van der Waals surface area contributed by atoms with Crippen LogP contribution >= 0.6 is 15.9 Å². The molecule has 0 spiro atoms. The molecule has 48 valence electrons. The van der Waals surface area contributed by atoms with Gasteiger partial charge in [-0.05, 0) is 18.8 Å². The third kappa shape index (κ3) is 1.75. The molecule has 1 saturated heterocycles. The third-order valence-corrected chi connectivity index (χ3v) is 2.14. The molecule has 0 radical (unpaired) electrons. The molecule has 0 aromatic rings. The van der Waals surface area contributed by atoms with E-state index in [-0.39, 0.29) is 0 Å². The monoisotopic (exact) mass is 178 g/mol. The van der Waals surface area contributed by atoms with E-state index < -0.39 is 0 Å². The summed E-state index contributed by atoms with van der Waals surface area (Å²) >= 11 is 3.41. The van der Waals surface area contributed by atoms with Gasteiger partial charge in [0.2, 0.25) is 0 Å². The summed E-state index contributed by atoms with van der Waals surface area (Å²) in [6.45, 7) is 3.19. The van der Waals surface area contributed by atoms with Gasteiger partial charge in [0.05, 0.1) is 0 Å². The molecule has 0 N–H and O–H groups in total. The second-order valence-corrected chi connectivity index (χ2v) is 3.43. The van der Waals surface area contributed by atoms with E-state index in [4.69, 9.17) is 4.74 Å². The van der Waals surface area contributed by atoms with E-state index in [2.05, 4.69) is 22.9 Å². The Labute approximate surface area is 58.5 Å². The summed E-state index contributed by atoms with van der Waals surface area (Å²) in [6, 6.07) is 0. The molecule has 1 heterocycles. The number of rotatable bonds is 0. The van der Waals surface area contributed by atoms with Gasteiger partial charge in [0.15, 0.2) is 0 Å². The molecular formula is C6H11BrO. The van der Waals surface area contributed by atoms with Crippen LogP contribution in [0.1, 0.15) is 19.8 Å². The minimum atomic E-state index is 0.325. The molecule has 1 aliphatic heterocycles. The van der Waals surface area contributed by atoms with E-state index in [0.29, 0.717) is 5.01 Å². The van der Waals surface area contributed by atoms with Crippen LogP contribution in [-0.4, -0.2) is 11.6 Å². The maximum atomic E-state index is 5.26. The maximum Gasteiger partial charge on any atom is 0.112 e. The van der Waals surface area contributed by atoms with Crippen molar-refractivity contribution in [2.24, 2.45) is 5.92 Å². The fourth-order valence-electron chi connectivity index (χ4n) is 0.899. The van der Waals surface area contributed by atoms with Gasteiger partial charge in [0.25, 0.3) is 0 Å². The van der Waals surface area contributed by atoms with Crippen molar-refractivity contribution in [2.45, 2.75) is 24.8 Å². The zero-order valence-electron chi connectivity index (χ0n) is 5.06. The van der Waals surface area contributed by atoms with E-state index in [1.54, 1.807) is 0 Å². The first-order valence-corrected chi connectivity index (χ1v) is 3.96. The van der Waals surface area contributed by atoms with E-state index in [1.165, 1.54) is 12.8 Å². The van der Waals surface area contributed by atoms with Crippen LogP contribution in [0.3, 0.4) is 0 Å². The Morgan fingerprint density at radius 1 is 1.62 bits per heavy atom. The minimum Gasteiger partial charge on any atom is -0.367 e. The number of halogens is 1. The van der Waals surface area contributed by atoms with Gasteiger partial charge >= 0.3 is 0 Å². The number of hydrogen-bond acceptors (Lipinski definition) is 1. The second-order valence-electron chi connectivity index (χ2n) is 2.41. The van der Waals surface area contributed by atoms with Crippen molar-refractivity contribution in [1.82, 2.24) is 0 Å². The average Bonchev–Trinajstić information content (AvgIpc) is 1.64. The lowest BCUT2D eigenvalue weighted by Crippen LogP contribution is -2.18. The van der Waals surface area contributed by atoms with Gasteiger partial charge in [0.1, 0.15) is 5.01 Å². The van der Waals surface area contributed by atoms with Gasteiger partial charge in [-0.3, -0.25) is 0 Å². The summed E-state index contributed by atoms with van der Waals surface area (Å²) in [5, 5.41) is 0.325. The predicted molar refractivity (Wildman–Crippen MR) is 37.1 cm³/mol. The van der Waals surface area contributed by atoms with Crippen molar-refractivity contribution in [3.05, 3.63) is 0 Å². The standard InChI is InChI=1S/C6H11BrO/c1-5-2-3-8-6(7)4-5/h5-6H,2-4H2,1H3. The highest BCUT2D eigenvalue weighted by atomic mass is 79.9. The Bertz CT molecular complexity index is 66.9. The van der Waals surface area contributed by atoms with Crippen LogP contribution in [-0.2, 0) is 4.74 Å². The predicted octanol–water partition coefficient (Wildman–Crippen LogP) is 2.15. The average molecular weight is 179 g/mol. The van der Waals surface area contributed by atoms with Crippen LogP contribution in [0.4, 0.5) is 0 Å². The lowest BCUT2D eigenvalue weighted by Gasteiger charge is -2.22. The molecule has 1 nitrogen and oxygen atoms in total. The highest BCUT2D eigenvalue weighted by molar-refractivity contribution is 9.09. The fraction of sp³-hybridized carbons (Fsp3) is 1.00. The van der Waals surface area contributed by atoms with Crippen LogP contribution in [0.2, 0.25) is 0 Å². The zero-order chi connectivity index (χ0) is 5.98. The Morgan fingerprint density at radius 3 is 2.75 bits per heavy atom. The molecule has 1 aliphatic rings. The van der Waals surface area contributed by atoms with Gasteiger partial charge in [0, 0.05) is 6.61 Å². The van der Waals surface area contributed by atoms with Crippen LogP contribution in [0.25, 0.3) is 0 Å². The largest absolute Gasteiger partial charge is 0.367 e. The van der Waals surface area contributed by atoms with Crippen LogP contribution in [0, 0.1) is 5.92 Å². The van der Waals surface area contributed by atoms with E-state index in [1.807, 2.05) is 0 Å². The van der Waals surface area contributed by atoms with Crippen LogP contribution < -0.4 is 0 Å². The second kappa shape index (κ2) is 2.83. The number of alkyl halides is 1. The fourth-order valence-corrected chi connectivity index (χ4v) is 1.72. The zero-order valence-corrected chi connectivity index (χ0v) is 6.65. The summed E-state index contributed by atoms with van der Waals surface area (Å²) in [4.78, 5) is 0. The van der Waals surface area contributed by atoms with Crippen molar-refractivity contribution >= 4 is 15.9 Å². The molecule has 2 heteroatoms. The Morgan fingerprint density at radius 2 is 2.38 bits per heavy atom. The molecule has 0 bridgehead atoms. The lowest BCUT2D eigenvalue weighted by atomic mass is 10.0. The summed E-state index contributed by atoms with van der Waals surface area (Å²) < 4.78 is 5.26. The summed E-state index contributed by atoms with van der Waals surface area (Å²) in [6.07, 6.45) is 2.39.